The SMILES string of the molecule is Cc1ccccc1C1CNC(=O)O1. The second-order valence-electron chi connectivity index (χ2n) is 3.13. The minimum atomic E-state index is -0.326. The van der Waals surface area contributed by atoms with Crippen molar-refractivity contribution in [2.75, 3.05) is 6.54 Å². The predicted molar refractivity (Wildman–Crippen MR) is 48.4 cm³/mol. The second-order valence-corrected chi connectivity index (χ2v) is 3.13. The van der Waals surface area contributed by atoms with Gasteiger partial charge in [0.1, 0.15) is 6.10 Å². The van der Waals surface area contributed by atoms with Crippen molar-refractivity contribution in [2.24, 2.45) is 0 Å². The Kier molecular flexibility index (Phi) is 1.93. The number of rotatable bonds is 1. The van der Waals surface area contributed by atoms with E-state index in [9.17, 15) is 4.79 Å². The number of alkyl carbamates (subject to hydrolysis) is 1. The standard InChI is InChI=1S/C10H11NO2/c1-7-4-2-3-5-8(7)9-6-11-10(12)13-9/h2-5,9H,6H2,1H3,(H,11,12). The van der Waals surface area contributed by atoms with E-state index in [1.54, 1.807) is 0 Å². The molecular weight excluding hydrogens is 166 g/mol. The molecule has 1 aliphatic heterocycles. The highest BCUT2D eigenvalue weighted by atomic mass is 16.6. The van der Waals surface area contributed by atoms with Crippen molar-refractivity contribution < 1.29 is 9.53 Å². The lowest BCUT2D eigenvalue weighted by molar-refractivity contribution is 0.141. The molecular formula is C10H11NO2. The van der Waals surface area contributed by atoms with Crippen LogP contribution < -0.4 is 5.32 Å². The fourth-order valence-corrected chi connectivity index (χ4v) is 1.51. The number of nitrogens with one attached hydrogen (secondary N) is 1. The molecule has 1 aromatic carbocycles. The molecule has 1 atom stereocenters. The molecule has 1 saturated heterocycles. The third kappa shape index (κ3) is 1.49. The van der Waals surface area contributed by atoms with Gasteiger partial charge in [-0.3, -0.25) is 0 Å². The highest BCUT2D eigenvalue weighted by Gasteiger charge is 2.24. The third-order valence-electron chi connectivity index (χ3n) is 2.22. The lowest BCUT2D eigenvalue weighted by Gasteiger charge is -2.10. The first-order valence-corrected chi connectivity index (χ1v) is 4.27. The summed E-state index contributed by atoms with van der Waals surface area (Å²) in [5.74, 6) is 0. The quantitative estimate of drug-likeness (QED) is 0.710. The van der Waals surface area contributed by atoms with Crippen LogP contribution in [0.1, 0.15) is 17.2 Å². The van der Waals surface area contributed by atoms with E-state index in [0.717, 1.165) is 11.1 Å². The van der Waals surface area contributed by atoms with Gasteiger partial charge in [0.2, 0.25) is 0 Å². The van der Waals surface area contributed by atoms with Crippen LogP contribution in [0.15, 0.2) is 24.3 Å². The average molecular weight is 177 g/mol. The van der Waals surface area contributed by atoms with E-state index in [4.69, 9.17) is 4.74 Å². The Morgan fingerprint density at radius 2 is 2.23 bits per heavy atom. The molecule has 68 valence electrons. The minimum Gasteiger partial charge on any atom is -0.439 e. The van der Waals surface area contributed by atoms with Gasteiger partial charge in [0.05, 0.1) is 6.54 Å². The molecule has 1 aromatic rings. The molecule has 0 aromatic heterocycles. The van der Waals surface area contributed by atoms with Crippen molar-refractivity contribution in [2.45, 2.75) is 13.0 Å². The zero-order valence-electron chi connectivity index (χ0n) is 7.41. The lowest BCUT2D eigenvalue weighted by atomic mass is 10.0. The molecule has 3 nitrogen and oxygen atoms in total. The molecule has 1 amide bonds. The summed E-state index contributed by atoms with van der Waals surface area (Å²) in [6.45, 7) is 2.59. The van der Waals surface area contributed by atoms with Crippen LogP contribution in [0.25, 0.3) is 0 Å². The Hall–Kier alpha value is -1.51. The Balaban J connectivity index is 2.26. The molecule has 1 N–H and O–H groups in total. The number of benzene rings is 1. The van der Waals surface area contributed by atoms with Crippen LogP contribution in [0, 0.1) is 6.92 Å². The number of aryl methyl sites for hydroxylation is 1. The summed E-state index contributed by atoms with van der Waals surface area (Å²) >= 11 is 0. The van der Waals surface area contributed by atoms with Crippen LogP contribution in [0.2, 0.25) is 0 Å². The number of amides is 1. The van der Waals surface area contributed by atoms with E-state index in [-0.39, 0.29) is 12.2 Å². The van der Waals surface area contributed by atoms with Crippen molar-refractivity contribution in [1.82, 2.24) is 5.32 Å². The number of hydrogen-bond acceptors (Lipinski definition) is 2. The van der Waals surface area contributed by atoms with E-state index in [0.29, 0.717) is 6.54 Å². The third-order valence-corrected chi connectivity index (χ3v) is 2.22. The topological polar surface area (TPSA) is 38.3 Å². The highest BCUT2D eigenvalue weighted by molar-refractivity contribution is 5.69. The zero-order valence-corrected chi connectivity index (χ0v) is 7.41. The van der Waals surface area contributed by atoms with E-state index in [1.807, 2.05) is 31.2 Å². The van der Waals surface area contributed by atoms with Gasteiger partial charge in [-0.05, 0) is 18.1 Å². The number of cyclic esters (lactones) is 1. The van der Waals surface area contributed by atoms with Crippen LogP contribution >= 0.6 is 0 Å². The van der Waals surface area contributed by atoms with E-state index in [2.05, 4.69) is 5.32 Å². The van der Waals surface area contributed by atoms with Crippen molar-refractivity contribution in [3.05, 3.63) is 35.4 Å². The summed E-state index contributed by atoms with van der Waals surface area (Å²) in [6, 6.07) is 7.93. The Bertz CT molecular complexity index is 335. The van der Waals surface area contributed by atoms with Gasteiger partial charge in [-0.2, -0.15) is 0 Å². The smallest absolute Gasteiger partial charge is 0.407 e. The largest absolute Gasteiger partial charge is 0.439 e. The Labute approximate surface area is 76.7 Å². The number of ether oxygens (including phenoxy) is 1. The molecule has 13 heavy (non-hydrogen) atoms. The van der Waals surface area contributed by atoms with Crippen LogP contribution in [0.3, 0.4) is 0 Å². The van der Waals surface area contributed by atoms with Crippen molar-refractivity contribution in [3.8, 4) is 0 Å². The Morgan fingerprint density at radius 1 is 1.46 bits per heavy atom. The molecule has 0 bridgehead atoms. The molecule has 1 heterocycles. The summed E-state index contributed by atoms with van der Waals surface area (Å²) in [5.41, 5.74) is 2.24. The van der Waals surface area contributed by atoms with Gasteiger partial charge in [-0.1, -0.05) is 24.3 Å². The number of carbonyl (C=O) groups is 1. The summed E-state index contributed by atoms with van der Waals surface area (Å²) in [6.07, 6.45) is -0.443. The van der Waals surface area contributed by atoms with Crippen LogP contribution in [0.5, 0.6) is 0 Å². The highest BCUT2D eigenvalue weighted by Crippen LogP contribution is 2.23. The van der Waals surface area contributed by atoms with Crippen LogP contribution in [-0.2, 0) is 4.74 Å². The number of carbonyl (C=O) groups excluding carboxylic acids is 1. The van der Waals surface area contributed by atoms with E-state index >= 15 is 0 Å². The molecule has 1 unspecified atom stereocenters. The summed E-state index contributed by atoms with van der Waals surface area (Å²) < 4.78 is 5.08. The van der Waals surface area contributed by atoms with Crippen molar-refractivity contribution in [3.63, 3.8) is 0 Å². The van der Waals surface area contributed by atoms with Gasteiger partial charge in [0.15, 0.2) is 0 Å². The first kappa shape index (κ1) is 8.10. The van der Waals surface area contributed by atoms with Gasteiger partial charge in [0, 0.05) is 0 Å². The minimum absolute atomic E-state index is 0.117. The molecule has 1 fully saturated rings. The number of hydrogen-bond donors (Lipinski definition) is 1. The van der Waals surface area contributed by atoms with E-state index in [1.165, 1.54) is 0 Å². The molecule has 0 aliphatic carbocycles. The van der Waals surface area contributed by atoms with Gasteiger partial charge in [0.25, 0.3) is 0 Å². The molecule has 3 heteroatoms. The average Bonchev–Trinajstić information content (AvgIpc) is 2.53. The molecule has 1 aliphatic rings. The monoisotopic (exact) mass is 177 g/mol. The normalized spacial score (nSPS) is 21.0. The zero-order chi connectivity index (χ0) is 9.26. The maximum atomic E-state index is 10.8. The first-order chi connectivity index (χ1) is 6.27. The van der Waals surface area contributed by atoms with Crippen molar-refractivity contribution in [1.29, 1.82) is 0 Å². The first-order valence-electron chi connectivity index (χ1n) is 4.27. The molecule has 0 radical (unpaired) electrons. The van der Waals surface area contributed by atoms with Gasteiger partial charge in [-0.25, -0.2) is 4.79 Å². The van der Waals surface area contributed by atoms with Crippen LogP contribution in [0.4, 0.5) is 4.79 Å². The van der Waals surface area contributed by atoms with Gasteiger partial charge >= 0.3 is 6.09 Å². The second kappa shape index (κ2) is 3.09. The molecule has 0 spiro atoms. The Morgan fingerprint density at radius 3 is 2.85 bits per heavy atom. The summed E-state index contributed by atoms with van der Waals surface area (Å²) in [5, 5.41) is 2.63. The fraction of sp³-hybridized carbons (Fsp3) is 0.300. The lowest BCUT2D eigenvalue weighted by Crippen LogP contribution is -2.12. The van der Waals surface area contributed by atoms with Crippen LogP contribution in [-0.4, -0.2) is 12.6 Å². The summed E-state index contributed by atoms with van der Waals surface area (Å²) in [4.78, 5) is 10.8. The fourth-order valence-electron chi connectivity index (χ4n) is 1.51. The molecule has 2 rings (SSSR count). The van der Waals surface area contributed by atoms with Gasteiger partial charge < -0.3 is 10.1 Å². The predicted octanol–water partition coefficient (Wildman–Crippen LogP) is 1.78. The maximum absolute atomic E-state index is 10.8. The summed E-state index contributed by atoms with van der Waals surface area (Å²) in [7, 11) is 0. The van der Waals surface area contributed by atoms with E-state index < -0.39 is 0 Å². The van der Waals surface area contributed by atoms with Gasteiger partial charge in [-0.15, -0.1) is 0 Å². The molecule has 0 saturated carbocycles. The maximum Gasteiger partial charge on any atom is 0.407 e. The van der Waals surface area contributed by atoms with Crippen molar-refractivity contribution >= 4 is 6.09 Å².